The fourth-order valence-corrected chi connectivity index (χ4v) is 3.62. The van der Waals surface area contributed by atoms with Crippen molar-refractivity contribution in [2.75, 3.05) is 13.7 Å². The molecule has 1 unspecified atom stereocenters. The molecule has 0 amide bonds. The zero-order valence-corrected chi connectivity index (χ0v) is 13.1. The molecule has 19 heavy (non-hydrogen) atoms. The first-order valence-corrected chi connectivity index (χ1v) is 7.64. The van der Waals surface area contributed by atoms with Gasteiger partial charge in [0, 0.05) is 21.0 Å². The average molecular weight is 344 g/mol. The van der Waals surface area contributed by atoms with Gasteiger partial charge in [0.15, 0.2) is 0 Å². The highest BCUT2D eigenvalue weighted by molar-refractivity contribution is 9.10. The van der Waals surface area contributed by atoms with Gasteiger partial charge in [-0.1, -0.05) is 13.0 Å². The van der Waals surface area contributed by atoms with E-state index in [9.17, 15) is 4.39 Å². The minimum Gasteiger partial charge on any atom is -0.497 e. The predicted molar refractivity (Wildman–Crippen MR) is 80.5 cm³/mol. The summed E-state index contributed by atoms with van der Waals surface area (Å²) in [6, 6.07) is 6.80. The highest BCUT2D eigenvalue weighted by Gasteiger charge is 2.20. The first-order chi connectivity index (χ1) is 9.17. The Morgan fingerprint density at radius 3 is 2.74 bits per heavy atom. The van der Waals surface area contributed by atoms with E-state index in [1.165, 1.54) is 13.2 Å². The molecule has 0 fully saturated rings. The first kappa shape index (κ1) is 14.5. The molecule has 1 atom stereocenters. The Bertz CT molecular complexity index is 558. The smallest absolute Gasteiger partial charge is 0.132 e. The van der Waals surface area contributed by atoms with Gasteiger partial charge in [-0.2, -0.15) is 0 Å². The summed E-state index contributed by atoms with van der Waals surface area (Å²) < 4.78 is 20.2. The number of hydrogen-bond acceptors (Lipinski definition) is 3. The number of rotatable bonds is 5. The Balaban J connectivity index is 2.42. The summed E-state index contributed by atoms with van der Waals surface area (Å²) >= 11 is 5.11. The number of methoxy groups -OCH3 is 1. The highest BCUT2D eigenvalue weighted by Crippen LogP contribution is 2.34. The molecule has 2 rings (SSSR count). The van der Waals surface area contributed by atoms with Crippen LogP contribution in [0.5, 0.6) is 5.75 Å². The van der Waals surface area contributed by atoms with Gasteiger partial charge in [0.05, 0.1) is 13.2 Å². The number of ether oxygens (including phenoxy) is 1. The van der Waals surface area contributed by atoms with Crippen LogP contribution in [-0.2, 0) is 0 Å². The minimum absolute atomic E-state index is 0.148. The molecule has 0 aliphatic rings. The zero-order valence-electron chi connectivity index (χ0n) is 10.7. The molecule has 0 radical (unpaired) electrons. The Kier molecular flexibility index (Phi) is 4.96. The molecule has 0 saturated carbocycles. The molecule has 0 saturated heterocycles. The number of thiophene rings is 1. The van der Waals surface area contributed by atoms with Gasteiger partial charge in [0.25, 0.3) is 0 Å². The average Bonchev–Trinajstić information content (AvgIpc) is 2.82. The summed E-state index contributed by atoms with van der Waals surface area (Å²) in [6.45, 7) is 2.77. The lowest BCUT2D eigenvalue weighted by Gasteiger charge is -2.19. The maximum atomic E-state index is 14.2. The molecule has 0 spiro atoms. The summed E-state index contributed by atoms with van der Waals surface area (Å²) in [5, 5.41) is 5.31. The number of nitrogens with one attached hydrogen (secondary N) is 1. The number of halogens is 2. The summed E-state index contributed by atoms with van der Waals surface area (Å²) in [5.74, 6) is 0.271. The van der Waals surface area contributed by atoms with E-state index in [-0.39, 0.29) is 11.9 Å². The van der Waals surface area contributed by atoms with E-state index in [1.807, 2.05) is 18.4 Å². The molecule has 102 valence electrons. The maximum absolute atomic E-state index is 14.2. The molecule has 0 aliphatic heterocycles. The van der Waals surface area contributed by atoms with Crippen molar-refractivity contribution in [2.45, 2.75) is 13.0 Å². The molecule has 5 heteroatoms. The Hall–Kier alpha value is -0.910. The standard InChI is InChI=1S/C14H15BrFNOS/c1-3-17-13(14-11(15)6-7-19-14)10-5-4-9(18-2)8-12(10)16/h4-8,13,17H,3H2,1-2H3. The van der Waals surface area contributed by atoms with Crippen LogP contribution in [0.3, 0.4) is 0 Å². The normalized spacial score (nSPS) is 12.4. The third-order valence-corrected chi connectivity index (χ3v) is 4.77. The summed E-state index contributed by atoms with van der Waals surface area (Å²) in [6.07, 6.45) is 0. The van der Waals surface area contributed by atoms with E-state index >= 15 is 0 Å². The van der Waals surface area contributed by atoms with Gasteiger partial charge in [-0.3, -0.25) is 0 Å². The van der Waals surface area contributed by atoms with Crippen LogP contribution in [0.1, 0.15) is 23.4 Å². The Morgan fingerprint density at radius 2 is 2.21 bits per heavy atom. The molecule has 1 aromatic carbocycles. The van der Waals surface area contributed by atoms with Gasteiger partial charge in [-0.05, 0) is 40.0 Å². The molecule has 1 heterocycles. The lowest BCUT2D eigenvalue weighted by atomic mass is 10.0. The SMILES string of the molecule is CCNC(c1ccc(OC)cc1F)c1sccc1Br. The van der Waals surface area contributed by atoms with Crippen molar-refractivity contribution >= 4 is 27.3 Å². The summed E-state index contributed by atoms with van der Waals surface area (Å²) in [5.41, 5.74) is 0.630. The van der Waals surface area contributed by atoms with Gasteiger partial charge >= 0.3 is 0 Å². The van der Waals surface area contributed by atoms with Crippen molar-refractivity contribution in [2.24, 2.45) is 0 Å². The fourth-order valence-electron chi connectivity index (χ4n) is 1.93. The molecule has 2 nitrogen and oxygen atoms in total. The quantitative estimate of drug-likeness (QED) is 0.870. The lowest BCUT2D eigenvalue weighted by molar-refractivity contribution is 0.410. The maximum Gasteiger partial charge on any atom is 0.132 e. The van der Waals surface area contributed by atoms with Gasteiger partial charge < -0.3 is 10.1 Å². The van der Waals surface area contributed by atoms with Crippen LogP contribution in [-0.4, -0.2) is 13.7 Å². The van der Waals surface area contributed by atoms with Crippen LogP contribution in [0.15, 0.2) is 34.1 Å². The van der Waals surface area contributed by atoms with Crippen LogP contribution in [0.25, 0.3) is 0 Å². The zero-order chi connectivity index (χ0) is 13.8. The lowest BCUT2D eigenvalue weighted by Crippen LogP contribution is -2.22. The van der Waals surface area contributed by atoms with Crippen LogP contribution in [0.2, 0.25) is 0 Å². The number of hydrogen-bond donors (Lipinski definition) is 1. The molecule has 0 aliphatic carbocycles. The van der Waals surface area contributed by atoms with Crippen molar-refractivity contribution in [1.29, 1.82) is 0 Å². The van der Waals surface area contributed by atoms with Gasteiger partial charge in [-0.25, -0.2) is 4.39 Å². The van der Waals surface area contributed by atoms with E-state index < -0.39 is 0 Å². The Labute approximate surface area is 124 Å². The molecule has 1 N–H and O–H groups in total. The van der Waals surface area contributed by atoms with Crippen molar-refractivity contribution in [3.8, 4) is 5.75 Å². The van der Waals surface area contributed by atoms with Gasteiger partial charge in [-0.15, -0.1) is 11.3 Å². The molecule has 2 aromatic rings. The largest absolute Gasteiger partial charge is 0.497 e. The van der Waals surface area contributed by atoms with Crippen LogP contribution >= 0.6 is 27.3 Å². The molecular weight excluding hydrogens is 329 g/mol. The molecule has 1 aromatic heterocycles. The van der Waals surface area contributed by atoms with Crippen LogP contribution in [0, 0.1) is 5.82 Å². The second kappa shape index (κ2) is 6.50. The van der Waals surface area contributed by atoms with Gasteiger partial charge in [0.2, 0.25) is 0 Å². The van der Waals surface area contributed by atoms with E-state index in [1.54, 1.807) is 23.5 Å². The molecular formula is C14H15BrFNOS. The van der Waals surface area contributed by atoms with Crippen molar-refractivity contribution < 1.29 is 9.13 Å². The molecule has 0 bridgehead atoms. The summed E-state index contributed by atoms with van der Waals surface area (Å²) in [4.78, 5) is 1.07. The topological polar surface area (TPSA) is 21.3 Å². The van der Waals surface area contributed by atoms with Crippen molar-refractivity contribution in [3.05, 3.63) is 50.4 Å². The van der Waals surface area contributed by atoms with Crippen LogP contribution < -0.4 is 10.1 Å². The first-order valence-electron chi connectivity index (χ1n) is 5.97. The van der Waals surface area contributed by atoms with Crippen molar-refractivity contribution in [1.82, 2.24) is 5.32 Å². The van der Waals surface area contributed by atoms with E-state index in [0.29, 0.717) is 11.3 Å². The van der Waals surface area contributed by atoms with Gasteiger partial charge in [0.1, 0.15) is 11.6 Å². The van der Waals surface area contributed by atoms with Crippen molar-refractivity contribution in [3.63, 3.8) is 0 Å². The second-order valence-electron chi connectivity index (χ2n) is 4.01. The monoisotopic (exact) mass is 343 g/mol. The van der Waals surface area contributed by atoms with E-state index in [2.05, 4.69) is 21.2 Å². The minimum atomic E-state index is -0.259. The number of benzene rings is 1. The fraction of sp³-hybridized carbons (Fsp3) is 0.286. The summed E-state index contributed by atoms with van der Waals surface area (Å²) in [7, 11) is 1.53. The van der Waals surface area contributed by atoms with E-state index in [0.717, 1.165) is 15.9 Å². The third-order valence-electron chi connectivity index (χ3n) is 2.83. The third kappa shape index (κ3) is 3.16. The van der Waals surface area contributed by atoms with E-state index in [4.69, 9.17) is 4.74 Å². The second-order valence-corrected chi connectivity index (χ2v) is 5.81. The Morgan fingerprint density at radius 1 is 1.42 bits per heavy atom. The predicted octanol–water partition coefficient (Wildman–Crippen LogP) is 4.36. The van der Waals surface area contributed by atoms with Crippen LogP contribution in [0.4, 0.5) is 4.39 Å². The highest BCUT2D eigenvalue weighted by atomic mass is 79.9.